The van der Waals surface area contributed by atoms with Crippen molar-refractivity contribution in [3.05, 3.63) is 60.2 Å². The zero-order valence-electron chi connectivity index (χ0n) is 15.6. The molecule has 0 aliphatic heterocycles. The minimum atomic E-state index is -2.45. The Bertz CT molecular complexity index is 936. The van der Waals surface area contributed by atoms with Gasteiger partial charge in [0.15, 0.2) is 4.34 Å². The first-order valence-electron chi connectivity index (χ1n) is 8.50. The first kappa shape index (κ1) is 21.5. The van der Waals surface area contributed by atoms with Gasteiger partial charge in [-0.15, -0.1) is 10.2 Å². The van der Waals surface area contributed by atoms with Crippen molar-refractivity contribution in [2.24, 2.45) is 0 Å². The Morgan fingerprint density at radius 1 is 1.03 bits per heavy atom. The number of hydrogen-bond acceptors (Lipinski definition) is 7. The van der Waals surface area contributed by atoms with E-state index in [2.05, 4.69) is 15.5 Å². The predicted molar refractivity (Wildman–Crippen MR) is 115 cm³/mol. The first-order chi connectivity index (χ1) is 13.9. The van der Waals surface area contributed by atoms with Crippen molar-refractivity contribution >= 4 is 51.6 Å². The average molecular weight is 453 g/mol. The summed E-state index contributed by atoms with van der Waals surface area (Å²) in [4.78, 5) is 14.7. The van der Waals surface area contributed by atoms with Gasteiger partial charge in [0.05, 0.1) is 0 Å². The summed E-state index contributed by atoms with van der Waals surface area (Å²) in [6.45, 7) is 0. The molecular weight excluding hydrogens is 434 g/mol. The Hall–Kier alpha value is -2.17. The van der Waals surface area contributed by atoms with Crippen LogP contribution in [0.25, 0.3) is 0 Å². The number of anilines is 2. The van der Waals surface area contributed by atoms with Gasteiger partial charge in [-0.3, -0.25) is 4.79 Å². The van der Waals surface area contributed by atoms with E-state index in [4.69, 9.17) is 0 Å². The monoisotopic (exact) mass is 452 g/mol. The largest absolute Gasteiger partial charge is 0.348 e. The molecule has 0 aliphatic carbocycles. The number of nitrogens with zero attached hydrogens (tertiary/aromatic N) is 3. The lowest BCUT2D eigenvalue weighted by Gasteiger charge is -2.19. The zero-order valence-corrected chi connectivity index (χ0v) is 18.0. The number of halogens is 2. The van der Waals surface area contributed by atoms with Gasteiger partial charge in [-0.1, -0.05) is 65.2 Å². The highest BCUT2D eigenvalue weighted by molar-refractivity contribution is 8.02. The molecule has 152 valence electrons. The van der Waals surface area contributed by atoms with Crippen LogP contribution in [0.3, 0.4) is 0 Å². The summed E-state index contributed by atoms with van der Waals surface area (Å²) < 4.78 is 25.5. The van der Waals surface area contributed by atoms with Crippen LogP contribution in [0.5, 0.6) is 0 Å². The molecule has 10 heteroatoms. The molecule has 0 aliphatic rings. The maximum absolute atomic E-state index is 12.6. The van der Waals surface area contributed by atoms with Crippen molar-refractivity contribution < 1.29 is 13.6 Å². The molecule has 2 aromatic carbocycles. The number of alkyl halides is 2. The van der Waals surface area contributed by atoms with E-state index >= 15 is 0 Å². The SMILES string of the molecule is CN(C)C(=O)C(Sc1nnc(Nc2ccc(SC(F)F)cc2)s1)c1ccccc1. The second-order valence-electron chi connectivity index (χ2n) is 6.04. The Balaban J connectivity index is 1.70. The number of carbonyl (C=O) groups excluding carboxylic acids is 1. The molecule has 5 nitrogen and oxygen atoms in total. The lowest BCUT2D eigenvalue weighted by atomic mass is 10.1. The molecule has 0 spiro atoms. The average Bonchev–Trinajstić information content (AvgIpc) is 3.14. The van der Waals surface area contributed by atoms with Gasteiger partial charge in [0.25, 0.3) is 5.76 Å². The first-order valence-corrected chi connectivity index (χ1v) is 11.1. The molecule has 1 atom stereocenters. The second kappa shape index (κ2) is 10.0. The molecule has 0 saturated carbocycles. The zero-order chi connectivity index (χ0) is 20.8. The summed E-state index contributed by atoms with van der Waals surface area (Å²) in [6.07, 6.45) is 0. The number of aromatic nitrogens is 2. The van der Waals surface area contributed by atoms with Crippen LogP contribution in [0.2, 0.25) is 0 Å². The summed E-state index contributed by atoms with van der Waals surface area (Å²) in [7, 11) is 3.45. The lowest BCUT2D eigenvalue weighted by Crippen LogP contribution is -2.26. The van der Waals surface area contributed by atoms with Crippen LogP contribution in [-0.4, -0.2) is 40.9 Å². The van der Waals surface area contributed by atoms with E-state index in [9.17, 15) is 13.6 Å². The molecule has 1 N–H and O–H groups in total. The molecule has 1 aromatic heterocycles. The van der Waals surface area contributed by atoms with Gasteiger partial charge in [-0.2, -0.15) is 8.78 Å². The van der Waals surface area contributed by atoms with Crippen molar-refractivity contribution in [2.75, 3.05) is 19.4 Å². The van der Waals surface area contributed by atoms with Crippen LogP contribution < -0.4 is 5.32 Å². The van der Waals surface area contributed by atoms with Crippen molar-refractivity contribution in [1.29, 1.82) is 0 Å². The summed E-state index contributed by atoms with van der Waals surface area (Å²) in [5, 5.41) is 11.5. The fourth-order valence-corrected chi connectivity index (χ4v) is 4.98. The molecule has 1 unspecified atom stereocenters. The van der Waals surface area contributed by atoms with Gasteiger partial charge in [0.1, 0.15) is 5.25 Å². The number of thioether (sulfide) groups is 2. The number of amides is 1. The van der Waals surface area contributed by atoms with Crippen molar-refractivity contribution in [3.8, 4) is 0 Å². The minimum absolute atomic E-state index is 0.0296. The second-order valence-corrected chi connectivity index (χ2v) is 9.44. The molecular formula is C19H18F2N4OS3. The van der Waals surface area contributed by atoms with Gasteiger partial charge < -0.3 is 10.2 Å². The van der Waals surface area contributed by atoms with Crippen LogP contribution in [-0.2, 0) is 4.79 Å². The van der Waals surface area contributed by atoms with E-state index in [1.165, 1.54) is 23.1 Å². The van der Waals surface area contributed by atoms with Crippen LogP contribution in [0.15, 0.2) is 63.8 Å². The third-order valence-corrected chi connectivity index (χ3v) is 6.61. The molecule has 29 heavy (non-hydrogen) atoms. The molecule has 3 rings (SSSR count). The smallest absolute Gasteiger partial charge is 0.288 e. The van der Waals surface area contributed by atoms with Gasteiger partial charge in [0.2, 0.25) is 11.0 Å². The van der Waals surface area contributed by atoms with Gasteiger partial charge in [-0.05, 0) is 29.8 Å². The molecule has 3 aromatic rings. The van der Waals surface area contributed by atoms with Gasteiger partial charge in [-0.25, -0.2) is 0 Å². The summed E-state index contributed by atoms with van der Waals surface area (Å²) in [6, 6.07) is 16.2. The molecule has 0 saturated heterocycles. The van der Waals surface area contributed by atoms with E-state index in [1.807, 2.05) is 30.3 Å². The van der Waals surface area contributed by atoms with E-state index in [-0.39, 0.29) is 5.91 Å². The summed E-state index contributed by atoms with van der Waals surface area (Å²) in [5.41, 5.74) is 1.62. The quantitative estimate of drug-likeness (QED) is 0.454. The molecule has 1 amide bonds. The minimum Gasteiger partial charge on any atom is -0.348 e. The highest BCUT2D eigenvalue weighted by Crippen LogP contribution is 2.39. The van der Waals surface area contributed by atoms with Crippen LogP contribution >= 0.6 is 34.9 Å². The summed E-state index contributed by atoms with van der Waals surface area (Å²) in [5.74, 6) is -2.47. The standard InChI is InChI=1S/C19H18F2N4OS3/c1-25(2)16(26)15(12-6-4-3-5-7-12)28-19-24-23-18(29-19)22-13-8-10-14(11-9-13)27-17(20)21/h3-11,15,17H,1-2H3,(H,22,23). The van der Waals surface area contributed by atoms with Crippen molar-refractivity contribution in [3.63, 3.8) is 0 Å². The number of rotatable bonds is 8. The third kappa shape index (κ3) is 6.15. The highest BCUT2D eigenvalue weighted by atomic mass is 32.2. The van der Waals surface area contributed by atoms with Crippen molar-refractivity contribution in [1.82, 2.24) is 15.1 Å². The van der Waals surface area contributed by atoms with E-state index in [0.29, 0.717) is 26.1 Å². The van der Waals surface area contributed by atoms with E-state index in [1.54, 1.807) is 43.3 Å². The van der Waals surface area contributed by atoms with Gasteiger partial charge in [0, 0.05) is 24.7 Å². The Kier molecular flexibility index (Phi) is 7.45. The number of likely N-dealkylation sites (N-methyl/N-ethyl adjacent to an activating group) is 1. The number of carbonyl (C=O) groups is 1. The van der Waals surface area contributed by atoms with Crippen LogP contribution in [0, 0.1) is 0 Å². The molecule has 0 bridgehead atoms. The Morgan fingerprint density at radius 3 is 2.34 bits per heavy atom. The van der Waals surface area contributed by atoms with E-state index in [0.717, 1.165) is 11.3 Å². The summed E-state index contributed by atoms with van der Waals surface area (Å²) >= 11 is 3.18. The van der Waals surface area contributed by atoms with Crippen LogP contribution in [0.1, 0.15) is 10.8 Å². The maximum Gasteiger partial charge on any atom is 0.288 e. The molecule has 1 heterocycles. The highest BCUT2D eigenvalue weighted by Gasteiger charge is 2.25. The maximum atomic E-state index is 12.6. The fraction of sp³-hybridized carbons (Fsp3) is 0.211. The molecule has 0 radical (unpaired) electrons. The van der Waals surface area contributed by atoms with Gasteiger partial charge >= 0.3 is 0 Å². The molecule has 0 fully saturated rings. The van der Waals surface area contributed by atoms with Crippen molar-refractivity contribution in [2.45, 2.75) is 20.2 Å². The topological polar surface area (TPSA) is 58.1 Å². The lowest BCUT2D eigenvalue weighted by molar-refractivity contribution is -0.128. The fourth-order valence-electron chi connectivity index (χ4n) is 2.38. The number of benzene rings is 2. The Morgan fingerprint density at radius 2 is 1.72 bits per heavy atom. The van der Waals surface area contributed by atoms with Crippen LogP contribution in [0.4, 0.5) is 19.6 Å². The normalized spacial score (nSPS) is 12.0. The van der Waals surface area contributed by atoms with E-state index < -0.39 is 11.0 Å². The third-order valence-electron chi connectivity index (χ3n) is 3.72. The number of hydrogen-bond donors (Lipinski definition) is 1. The number of nitrogens with one attached hydrogen (secondary N) is 1. The predicted octanol–water partition coefficient (Wildman–Crippen LogP) is 5.52. The Labute approximate surface area is 179 Å².